The van der Waals surface area contributed by atoms with Gasteiger partial charge >= 0.3 is 0 Å². The molecule has 1 aliphatic heterocycles. The summed E-state index contributed by atoms with van der Waals surface area (Å²) in [6, 6.07) is 8.69. The lowest BCUT2D eigenvalue weighted by molar-refractivity contribution is -0.128. The minimum absolute atomic E-state index is 0.135. The standard InChI is InChI=1S/C13H15N2O/c1-10(16)15-7-5-11(6-8-15)12-3-2-4-13(14)9-12/h2-3,5,9H,6-8,14H2,1H3. The van der Waals surface area contributed by atoms with Crippen molar-refractivity contribution in [1.29, 1.82) is 0 Å². The van der Waals surface area contributed by atoms with Crippen LogP contribution in [0, 0.1) is 6.07 Å². The third-order valence-electron chi connectivity index (χ3n) is 2.85. The average Bonchev–Trinajstić information content (AvgIpc) is 2.29. The number of carbonyl (C=O) groups excluding carboxylic acids is 1. The molecule has 16 heavy (non-hydrogen) atoms. The van der Waals surface area contributed by atoms with Gasteiger partial charge in [-0.05, 0) is 23.6 Å². The van der Waals surface area contributed by atoms with Gasteiger partial charge in [0, 0.05) is 31.8 Å². The Balaban J connectivity index is 2.16. The Morgan fingerprint density at radius 3 is 2.94 bits per heavy atom. The Kier molecular flexibility index (Phi) is 2.95. The SMILES string of the molecule is CC(=O)N1CC=C(c2cc[c]c(N)c2)CC1. The van der Waals surface area contributed by atoms with Crippen molar-refractivity contribution in [2.45, 2.75) is 13.3 Å². The molecule has 2 rings (SSSR count). The summed E-state index contributed by atoms with van der Waals surface area (Å²) < 4.78 is 0. The van der Waals surface area contributed by atoms with E-state index in [0.717, 1.165) is 18.5 Å². The summed E-state index contributed by atoms with van der Waals surface area (Å²) >= 11 is 0. The average molecular weight is 215 g/mol. The molecule has 3 nitrogen and oxygen atoms in total. The van der Waals surface area contributed by atoms with E-state index in [-0.39, 0.29) is 5.91 Å². The monoisotopic (exact) mass is 215 g/mol. The van der Waals surface area contributed by atoms with Crippen LogP contribution in [0.5, 0.6) is 0 Å². The Bertz CT molecular complexity index is 437. The Labute approximate surface area is 95.6 Å². The number of hydrogen-bond donors (Lipinski definition) is 1. The third kappa shape index (κ3) is 2.24. The minimum Gasteiger partial charge on any atom is -0.398 e. The molecular formula is C13H15N2O. The van der Waals surface area contributed by atoms with Gasteiger partial charge in [0.15, 0.2) is 0 Å². The van der Waals surface area contributed by atoms with Crippen LogP contribution in [0.15, 0.2) is 24.3 Å². The van der Waals surface area contributed by atoms with Crippen molar-refractivity contribution in [1.82, 2.24) is 4.90 Å². The quantitative estimate of drug-likeness (QED) is 0.725. The molecule has 0 unspecified atom stereocenters. The number of nitrogen functional groups attached to an aromatic ring is 1. The molecule has 1 aliphatic rings. The van der Waals surface area contributed by atoms with Gasteiger partial charge in [-0.2, -0.15) is 0 Å². The lowest BCUT2D eigenvalue weighted by Crippen LogP contribution is -2.32. The summed E-state index contributed by atoms with van der Waals surface area (Å²) in [7, 11) is 0. The second-order valence-corrected chi connectivity index (χ2v) is 3.98. The molecule has 1 aromatic rings. The Morgan fingerprint density at radius 1 is 1.56 bits per heavy atom. The van der Waals surface area contributed by atoms with Crippen LogP contribution in [0.2, 0.25) is 0 Å². The largest absolute Gasteiger partial charge is 0.398 e. The van der Waals surface area contributed by atoms with Crippen molar-refractivity contribution in [3.8, 4) is 0 Å². The van der Waals surface area contributed by atoms with Crippen molar-refractivity contribution < 1.29 is 4.79 Å². The van der Waals surface area contributed by atoms with Gasteiger partial charge in [0.05, 0.1) is 0 Å². The van der Waals surface area contributed by atoms with Crippen LogP contribution in [0.3, 0.4) is 0 Å². The summed E-state index contributed by atoms with van der Waals surface area (Å²) in [5, 5.41) is 0. The molecule has 1 radical (unpaired) electrons. The van der Waals surface area contributed by atoms with Gasteiger partial charge < -0.3 is 10.6 Å². The predicted octanol–water partition coefficient (Wildman–Crippen LogP) is 1.70. The fourth-order valence-corrected chi connectivity index (χ4v) is 1.90. The summed E-state index contributed by atoms with van der Waals surface area (Å²) in [6.45, 7) is 3.09. The highest BCUT2D eigenvalue weighted by Crippen LogP contribution is 2.23. The van der Waals surface area contributed by atoms with Gasteiger partial charge in [-0.25, -0.2) is 0 Å². The number of nitrogens with two attached hydrogens (primary N) is 1. The van der Waals surface area contributed by atoms with Gasteiger partial charge in [0.25, 0.3) is 0 Å². The van der Waals surface area contributed by atoms with Crippen LogP contribution in [-0.4, -0.2) is 23.9 Å². The number of nitrogens with zero attached hydrogens (tertiary/aromatic N) is 1. The second kappa shape index (κ2) is 4.39. The number of benzene rings is 1. The van der Waals surface area contributed by atoms with Crippen molar-refractivity contribution in [3.63, 3.8) is 0 Å². The first-order chi connectivity index (χ1) is 7.66. The fourth-order valence-electron chi connectivity index (χ4n) is 1.90. The number of amides is 1. The first-order valence-electron chi connectivity index (χ1n) is 5.39. The minimum atomic E-state index is 0.135. The molecule has 1 aromatic carbocycles. The van der Waals surface area contributed by atoms with Crippen molar-refractivity contribution in [2.24, 2.45) is 0 Å². The van der Waals surface area contributed by atoms with Gasteiger partial charge in [0.1, 0.15) is 0 Å². The first-order valence-corrected chi connectivity index (χ1v) is 5.39. The highest BCUT2D eigenvalue weighted by atomic mass is 16.2. The summed E-state index contributed by atoms with van der Waals surface area (Å²) in [5.74, 6) is 0.135. The summed E-state index contributed by atoms with van der Waals surface area (Å²) in [6.07, 6.45) is 2.99. The number of rotatable bonds is 1. The molecule has 0 spiro atoms. The van der Waals surface area contributed by atoms with Crippen molar-refractivity contribution >= 4 is 17.2 Å². The van der Waals surface area contributed by atoms with Crippen LogP contribution in [0.4, 0.5) is 5.69 Å². The van der Waals surface area contributed by atoms with Crippen LogP contribution in [-0.2, 0) is 4.79 Å². The zero-order valence-corrected chi connectivity index (χ0v) is 9.36. The van der Waals surface area contributed by atoms with Crippen LogP contribution >= 0.6 is 0 Å². The van der Waals surface area contributed by atoms with Crippen molar-refractivity contribution in [3.05, 3.63) is 35.9 Å². The number of anilines is 1. The molecular weight excluding hydrogens is 200 g/mol. The highest BCUT2D eigenvalue weighted by molar-refractivity contribution is 5.76. The summed E-state index contributed by atoms with van der Waals surface area (Å²) in [5.41, 5.74) is 8.75. The fraction of sp³-hybridized carbons (Fsp3) is 0.308. The molecule has 0 aliphatic carbocycles. The molecule has 1 heterocycles. The lowest BCUT2D eigenvalue weighted by atomic mass is 9.99. The first kappa shape index (κ1) is 10.7. The summed E-state index contributed by atoms with van der Waals surface area (Å²) in [4.78, 5) is 13.0. The highest BCUT2D eigenvalue weighted by Gasteiger charge is 2.14. The predicted molar refractivity (Wildman–Crippen MR) is 64.5 cm³/mol. The lowest BCUT2D eigenvalue weighted by Gasteiger charge is -2.25. The molecule has 0 aromatic heterocycles. The van der Waals surface area contributed by atoms with E-state index >= 15 is 0 Å². The molecule has 2 N–H and O–H groups in total. The second-order valence-electron chi connectivity index (χ2n) is 3.98. The van der Waals surface area contributed by atoms with E-state index in [4.69, 9.17) is 5.73 Å². The van der Waals surface area contributed by atoms with E-state index in [1.54, 1.807) is 6.92 Å². The molecule has 0 saturated heterocycles. The van der Waals surface area contributed by atoms with Gasteiger partial charge in [-0.1, -0.05) is 18.2 Å². The van der Waals surface area contributed by atoms with E-state index in [2.05, 4.69) is 12.1 Å². The molecule has 1 amide bonds. The van der Waals surface area contributed by atoms with Gasteiger partial charge in [-0.3, -0.25) is 4.79 Å². The molecule has 0 bridgehead atoms. The molecule has 0 saturated carbocycles. The van der Waals surface area contributed by atoms with Gasteiger partial charge in [-0.15, -0.1) is 0 Å². The zero-order chi connectivity index (χ0) is 11.5. The van der Waals surface area contributed by atoms with Crippen LogP contribution in [0.1, 0.15) is 18.9 Å². The Hall–Kier alpha value is -1.77. The topological polar surface area (TPSA) is 46.3 Å². The van der Waals surface area contributed by atoms with Gasteiger partial charge in [0.2, 0.25) is 5.91 Å². The maximum atomic E-state index is 11.2. The van der Waals surface area contributed by atoms with E-state index in [0.29, 0.717) is 12.2 Å². The van der Waals surface area contributed by atoms with E-state index in [1.807, 2.05) is 23.1 Å². The van der Waals surface area contributed by atoms with Crippen LogP contribution in [0.25, 0.3) is 5.57 Å². The normalized spacial score (nSPS) is 15.8. The molecule has 83 valence electrons. The third-order valence-corrected chi connectivity index (χ3v) is 2.85. The van der Waals surface area contributed by atoms with E-state index < -0.39 is 0 Å². The maximum Gasteiger partial charge on any atom is 0.219 e. The zero-order valence-electron chi connectivity index (χ0n) is 9.36. The smallest absolute Gasteiger partial charge is 0.219 e. The van der Waals surface area contributed by atoms with Crippen LogP contribution < -0.4 is 5.73 Å². The Morgan fingerprint density at radius 2 is 2.38 bits per heavy atom. The number of hydrogen-bond acceptors (Lipinski definition) is 2. The maximum absolute atomic E-state index is 11.2. The molecule has 0 atom stereocenters. The molecule has 3 heteroatoms. The van der Waals surface area contributed by atoms with E-state index in [1.165, 1.54) is 5.57 Å². The molecule has 0 fully saturated rings. The number of carbonyl (C=O) groups is 1. The van der Waals surface area contributed by atoms with E-state index in [9.17, 15) is 4.79 Å². The van der Waals surface area contributed by atoms with Crippen molar-refractivity contribution in [2.75, 3.05) is 18.8 Å².